The largest absolute Gasteiger partial charge is 0.394 e. The maximum absolute atomic E-state index is 9.74. The molecule has 0 amide bonds. The highest BCUT2D eigenvalue weighted by molar-refractivity contribution is 4.89. The molecule has 2 N–H and O–H groups in total. The number of nitrogens with zero attached hydrogens (tertiary/aromatic N) is 1. The van der Waals surface area contributed by atoms with Crippen molar-refractivity contribution in [2.24, 2.45) is 0 Å². The minimum Gasteiger partial charge on any atom is -0.394 e. The summed E-state index contributed by atoms with van der Waals surface area (Å²) in [6.07, 6.45) is 7.29. The number of rotatable bonds is 11. The molecule has 3 nitrogen and oxygen atoms in total. The average molecular weight is 270 g/mol. The number of aliphatic hydroxyl groups is 1. The third kappa shape index (κ3) is 5.80. The highest BCUT2D eigenvalue weighted by atomic mass is 16.3. The van der Waals surface area contributed by atoms with Gasteiger partial charge in [0.25, 0.3) is 0 Å². The van der Waals surface area contributed by atoms with Crippen molar-refractivity contribution < 1.29 is 5.11 Å². The maximum Gasteiger partial charge on any atom is 0.0613 e. The molecule has 1 fully saturated rings. The molecule has 1 atom stereocenters. The van der Waals surface area contributed by atoms with E-state index in [-0.39, 0.29) is 12.1 Å². The van der Waals surface area contributed by atoms with Crippen molar-refractivity contribution in [3.05, 3.63) is 0 Å². The van der Waals surface area contributed by atoms with Crippen LogP contribution in [0.5, 0.6) is 0 Å². The van der Waals surface area contributed by atoms with Crippen LogP contribution in [0.15, 0.2) is 0 Å². The van der Waals surface area contributed by atoms with Gasteiger partial charge in [-0.05, 0) is 51.6 Å². The molecule has 1 saturated carbocycles. The molecular weight excluding hydrogens is 236 g/mol. The van der Waals surface area contributed by atoms with Gasteiger partial charge in [-0.2, -0.15) is 0 Å². The second-order valence-corrected chi connectivity index (χ2v) is 6.46. The van der Waals surface area contributed by atoms with Gasteiger partial charge in [0.05, 0.1) is 6.61 Å². The van der Waals surface area contributed by atoms with Crippen LogP contribution < -0.4 is 5.32 Å². The first-order chi connectivity index (χ1) is 9.06. The molecule has 0 spiro atoms. The Morgan fingerprint density at radius 3 is 2.37 bits per heavy atom. The van der Waals surface area contributed by atoms with E-state index in [0.717, 1.165) is 18.9 Å². The van der Waals surface area contributed by atoms with Crippen LogP contribution in [0.1, 0.15) is 66.2 Å². The molecule has 0 heterocycles. The van der Waals surface area contributed by atoms with Gasteiger partial charge in [-0.3, -0.25) is 0 Å². The van der Waals surface area contributed by atoms with Crippen molar-refractivity contribution in [2.75, 3.05) is 19.7 Å². The summed E-state index contributed by atoms with van der Waals surface area (Å²) in [4.78, 5) is 2.65. The summed E-state index contributed by atoms with van der Waals surface area (Å²) in [5.74, 6) is 0. The number of hydrogen-bond donors (Lipinski definition) is 2. The molecular formula is C16H34N2O. The Labute approximate surface area is 119 Å². The summed E-state index contributed by atoms with van der Waals surface area (Å²) in [6.45, 7) is 11.4. The van der Waals surface area contributed by atoms with Crippen molar-refractivity contribution in [3.63, 3.8) is 0 Å². The summed E-state index contributed by atoms with van der Waals surface area (Å²) < 4.78 is 0. The summed E-state index contributed by atoms with van der Waals surface area (Å²) in [7, 11) is 0. The van der Waals surface area contributed by atoms with Gasteiger partial charge in [0.15, 0.2) is 0 Å². The molecule has 1 unspecified atom stereocenters. The zero-order valence-electron chi connectivity index (χ0n) is 13.4. The lowest BCUT2D eigenvalue weighted by atomic mass is 9.90. The predicted molar refractivity (Wildman–Crippen MR) is 82.5 cm³/mol. The van der Waals surface area contributed by atoms with E-state index < -0.39 is 0 Å². The maximum atomic E-state index is 9.74. The molecule has 1 aliphatic rings. The molecule has 114 valence electrons. The van der Waals surface area contributed by atoms with E-state index in [1.165, 1.54) is 38.8 Å². The van der Waals surface area contributed by atoms with Gasteiger partial charge in [0.1, 0.15) is 0 Å². The number of nitrogens with one attached hydrogen (secondary N) is 1. The van der Waals surface area contributed by atoms with E-state index >= 15 is 0 Å². The SMILES string of the molecule is CCCN(CCCC(CC)(CO)NC(C)C)C1CC1. The Kier molecular flexibility index (Phi) is 7.33. The van der Waals surface area contributed by atoms with E-state index in [2.05, 4.69) is 37.9 Å². The monoisotopic (exact) mass is 270 g/mol. The molecule has 0 radical (unpaired) electrons. The van der Waals surface area contributed by atoms with Crippen molar-refractivity contribution in [1.82, 2.24) is 10.2 Å². The third-order valence-electron chi connectivity index (χ3n) is 4.25. The summed E-state index contributed by atoms with van der Waals surface area (Å²) in [5.41, 5.74) is -0.0738. The lowest BCUT2D eigenvalue weighted by Crippen LogP contribution is -2.51. The summed E-state index contributed by atoms with van der Waals surface area (Å²) in [6, 6.07) is 1.30. The quantitative estimate of drug-likeness (QED) is 0.606. The minimum atomic E-state index is -0.0738. The van der Waals surface area contributed by atoms with Crippen LogP contribution in [0.2, 0.25) is 0 Å². The summed E-state index contributed by atoms with van der Waals surface area (Å²) in [5, 5.41) is 13.3. The highest BCUT2D eigenvalue weighted by Crippen LogP contribution is 2.28. The standard InChI is InChI=1S/C16H34N2O/c1-5-11-18(15-8-9-15)12-7-10-16(6-2,13-19)17-14(3)4/h14-15,17,19H,5-13H2,1-4H3. The normalized spacial score (nSPS) is 19.1. The fraction of sp³-hybridized carbons (Fsp3) is 1.00. The summed E-state index contributed by atoms with van der Waals surface area (Å²) >= 11 is 0. The smallest absolute Gasteiger partial charge is 0.0613 e. The first-order valence-electron chi connectivity index (χ1n) is 8.19. The van der Waals surface area contributed by atoms with E-state index in [1.807, 2.05) is 0 Å². The topological polar surface area (TPSA) is 35.5 Å². The van der Waals surface area contributed by atoms with Crippen molar-refractivity contribution in [2.45, 2.75) is 83.8 Å². The van der Waals surface area contributed by atoms with Gasteiger partial charge >= 0.3 is 0 Å². The van der Waals surface area contributed by atoms with Gasteiger partial charge in [-0.1, -0.05) is 27.7 Å². The second-order valence-electron chi connectivity index (χ2n) is 6.46. The van der Waals surface area contributed by atoms with Crippen LogP contribution >= 0.6 is 0 Å². The third-order valence-corrected chi connectivity index (χ3v) is 4.25. The van der Waals surface area contributed by atoms with E-state index in [4.69, 9.17) is 0 Å². The zero-order valence-corrected chi connectivity index (χ0v) is 13.4. The van der Waals surface area contributed by atoms with Crippen molar-refractivity contribution in [3.8, 4) is 0 Å². The van der Waals surface area contributed by atoms with E-state index in [0.29, 0.717) is 6.04 Å². The Bertz CT molecular complexity index is 235. The van der Waals surface area contributed by atoms with Crippen LogP contribution in [0.3, 0.4) is 0 Å². The molecule has 1 rings (SSSR count). The lowest BCUT2D eigenvalue weighted by Gasteiger charge is -2.35. The molecule has 0 aromatic carbocycles. The number of hydrogen-bond acceptors (Lipinski definition) is 3. The van der Waals surface area contributed by atoms with Crippen LogP contribution in [0.25, 0.3) is 0 Å². The molecule has 0 aromatic rings. The first kappa shape index (κ1) is 16.9. The Hall–Kier alpha value is -0.120. The molecule has 3 heteroatoms. The number of aliphatic hydroxyl groups excluding tert-OH is 1. The van der Waals surface area contributed by atoms with Crippen LogP contribution in [-0.4, -0.2) is 47.3 Å². The molecule has 0 aliphatic heterocycles. The average Bonchev–Trinajstić information content (AvgIpc) is 3.20. The highest BCUT2D eigenvalue weighted by Gasteiger charge is 2.30. The fourth-order valence-electron chi connectivity index (χ4n) is 3.02. The van der Waals surface area contributed by atoms with E-state index in [1.54, 1.807) is 0 Å². The van der Waals surface area contributed by atoms with E-state index in [9.17, 15) is 5.11 Å². The Morgan fingerprint density at radius 1 is 1.26 bits per heavy atom. The molecule has 0 bridgehead atoms. The minimum absolute atomic E-state index is 0.0738. The van der Waals surface area contributed by atoms with Crippen LogP contribution in [0.4, 0.5) is 0 Å². The molecule has 0 saturated heterocycles. The Morgan fingerprint density at radius 2 is 1.95 bits per heavy atom. The second kappa shape index (κ2) is 8.23. The van der Waals surface area contributed by atoms with Crippen molar-refractivity contribution in [1.29, 1.82) is 0 Å². The predicted octanol–water partition coefficient (Wildman–Crippen LogP) is 2.78. The first-order valence-corrected chi connectivity index (χ1v) is 8.19. The van der Waals surface area contributed by atoms with Gasteiger partial charge < -0.3 is 15.3 Å². The lowest BCUT2D eigenvalue weighted by molar-refractivity contribution is 0.129. The molecule has 0 aromatic heterocycles. The van der Waals surface area contributed by atoms with Crippen LogP contribution in [-0.2, 0) is 0 Å². The van der Waals surface area contributed by atoms with Crippen molar-refractivity contribution >= 4 is 0 Å². The molecule has 1 aliphatic carbocycles. The fourth-order valence-corrected chi connectivity index (χ4v) is 3.02. The van der Waals surface area contributed by atoms with Gasteiger partial charge in [-0.15, -0.1) is 0 Å². The molecule has 19 heavy (non-hydrogen) atoms. The van der Waals surface area contributed by atoms with Crippen LogP contribution in [0, 0.1) is 0 Å². The van der Waals surface area contributed by atoms with Gasteiger partial charge in [0, 0.05) is 17.6 Å². The zero-order chi connectivity index (χ0) is 14.3. The Balaban J connectivity index is 2.37. The van der Waals surface area contributed by atoms with Gasteiger partial charge in [0.2, 0.25) is 0 Å². The van der Waals surface area contributed by atoms with Gasteiger partial charge in [-0.25, -0.2) is 0 Å².